The predicted molar refractivity (Wildman–Crippen MR) is 106 cm³/mol. The van der Waals surface area contributed by atoms with Gasteiger partial charge in [0.2, 0.25) is 5.88 Å². The Bertz CT molecular complexity index is 896. The minimum absolute atomic E-state index is 0.156. The predicted octanol–water partition coefficient (Wildman–Crippen LogP) is 2.52. The van der Waals surface area contributed by atoms with Crippen molar-refractivity contribution in [1.82, 2.24) is 14.0 Å². The van der Waals surface area contributed by atoms with Crippen LogP contribution in [0.15, 0.2) is 40.1 Å². The van der Waals surface area contributed by atoms with Gasteiger partial charge in [0, 0.05) is 19.8 Å². The Balaban J connectivity index is 1.87. The van der Waals surface area contributed by atoms with E-state index in [1.54, 1.807) is 7.05 Å². The van der Waals surface area contributed by atoms with E-state index in [4.69, 9.17) is 12.2 Å². The van der Waals surface area contributed by atoms with Gasteiger partial charge in [-0.15, -0.1) is 0 Å². The molecule has 2 heterocycles. The Morgan fingerprint density at radius 1 is 1.19 bits per heavy atom. The van der Waals surface area contributed by atoms with Crippen molar-refractivity contribution in [1.29, 1.82) is 0 Å². The average Bonchev–Trinajstić information content (AvgIpc) is 2.67. The van der Waals surface area contributed by atoms with Crippen molar-refractivity contribution in [3.63, 3.8) is 0 Å². The number of piperidine rings is 1. The van der Waals surface area contributed by atoms with Crippen molar-refractivity contribution in [3.05, 3.63) is 51.0 Å². The Kier molecular flexibility index (Phi) is 6.00. The van der Waals surface area contributed by atoms with E-state index in [9.17, 15) is 9.90 Å². The zero-order valence-corrected chi connectivity index (χ0v) is 15.8. The van der Waals surface area contributed by atoms with E-state index < -0.39 is 0 Å². The van der Waals surface area contributed by atoms with Gasteiger partial charge >= 0.3 is 0 Å². The molecule has 1 fully saturated rings. The topological polar surface area (TPSA) is 62.8 Å². The largest absolute Gasteiger partial charge is 0.494 e. The monoisotopic (exact) mass is 372 g/mol. The normalized spacial score (nSPS) is 15.6. The lowest BCUT2D eigenvalue weighted by Crippen LogP contribution is -2.32. The zero-order valence-electron chi connectivity index (χ0n) is 15.0. The maximum absolute atomic E-state index is 12.9. The zero-order chi connectivity index (χ0) is 18.5. The van der Waals surface area contributed by atoms with Gasteiger partial charge in [-0.1, -0.05) is 24.6 Å². The van der Waals surface area contributed by atoms with Crippen LogP contribution in [0.25, 0.3) is 5.69 Å². The summed E-state index contributed by atoms with van der Waals surface area (Å²) < 4.78 is 3.08. The Morgan fingerprint density at radius 2 is 1.88 bits per heavy atom. The third-order valence-corrected chi connectivity index (χ3v) is 5.16. The van der Waals surface area contributed by atoms with E-state index in [0.717, 1.165) is 19.6 Å². The molecule has 0 saturated carbocycles. The number of hydrogen-bond donors (Lipinski definition) is 1. The van der Waals surface area contributed by atoms with E-state index in [-0.39, 0.29) is 21.8 Å². The first-order valence-corrected chi connectivity index (χ1v) is 9.33. The highest BCUT2D eigenvalue weighted by molar-refractivity contribution is 7.71. The van der Waals surface area contributed by atoms with E-state index >= 15 is 0 Å². The van der Waals surface area contributed by atoms with E-state index in [1.165, 1.54) is 34.6 Å². The summed E-state index contributed by atoms with van der Waals surface area (Å²) in [5.41, 5.74) is 0.461. The number of benzene rings is 1. The standard InChI is InChI=1S/C19H24N4O2S/c1-21-17(24)16(14-20-10-13-22-11-6-3-7-12-22)18(25)23(19(21)26)15-8-4-2-5-9-15/h2,4-5,8-9,14,24H,3,6-7,10-13H2,1H3. The fourth-order valence-corrected chi connectivity index (χ4v) is 3.45. The minimum atomic E-state index is -0.362. The molecule has 0 spiro atoms. The summed E-state index contributed by atoms with van der Waals surface area (Å²) in [7, 11) is 1.64. The van der Waals surface area contributed by atoms with Crippen molar-refractivity contribution in [2.24, 2.45) is 12.0 Å². The van der Waals surface area contributed by atoms with Crippen molar-refractivity contribution in [3.8, 4) is 11.6 Å². The number of nitrogens with zero attached hydrogens (tertiary/aromatic N) is 4. The fourth-order valence-electron chi connectivity index (χ4n) is 3.18. The van der Waals surface area contributed by atoms with Gasteiger partial charge in [0.15, 0.2) is 4.77 Å². The number of aromatic nitrogens is 2. The molecule has 2 aromatic rings. The molecule has 0 bridgehead atoms. The molecule has 1 aliphatic heterocycles. The van der Waals surface area contributed by atoms with Gasteiger partial charge in [-0.25, -0.2) is 0 Å². The molecular formula is C19H24N4O2S. The summed E-state index contributed by atoms with van der Waals surface area (Å²) in [5, 5.41) is 10.4. The van der Waals surface area contributed by atoms with Crippen LogP contribution in [0.3, 0.4) is 0 Å². The highest BCUT2D eigenvalue weighted by Gasteiger charge is 2.14. The summed E-state index contributed by atoms with van der Waals surface area (Å²) in [4.78, 5) is 19.6. The molecule has 138 valence electrons. The summed E-state index contributed by atoms with van der Waals surface area (Å²) in [5.74, 6) is -0.158. The van der Waals surface area contributed by atoms with Crippen LogP contribution < -0.4 is 5.56 Å². The molecule has 1 aromatic heterocycles. The molecule has 7 heteroatoms. The first-order valence-electron chi connectivity index (χ1n) is 8.92. The van der Waals surface area contributed by atoms with Crippen molar-refractivity contribution >= 4 is 18.4 Å². The minimum Gasteiger partial charge on any atom is -0.494 e. The average molecular weight is 372 g/mol. The second-order valence-electron chi connectivity index (χ2n) is 6.49. The Morgan fingerprint density at radius 3 is 2.58 bits per heavy atom. The fraction of sp³-hybridized carbons (Fsp3) is 0.421. The van der Waals surface area contributed by atoms with Crippen LogP contribution in [-0.4, -0.2) is 51.5 Å². The molecule has 26 heavy (non-hydrogen) atoms. The van der Waals surface area contributed by atoms with Crippen LogP contribution in [0.2, 0.25) is 0 Å². The molecule has 0 atom stereocenters. The summed E-state index contributed by atoms with van der Waals surface area (Å²) in [6, 6.07) is 9.18. The summed E-state index contributed by atoms with van der Waals surface area (Å²) in [6.45, 7) is 3.70. The van der Waals surface area contributed by atoms with Crippen molar-refractivity contribution in [2.45, 2.75) is 19.3 Å². The lowest BCUT2D eigenvalue weighted by atomic mass is 10.1. The van der Waals surface area contributed by atoms with Crippen LogP contribution in [0.5, 0.6) is 5.88 Å². The lowest BCUT2D eigenvalue weighted by Gasteiger charge is -2.25. The number of aromatic hydroxyl groups is 1. The quantitative estimate of drug-likeness (QED) is 0.647. The number of likely N-dealkylation sites (tertiary alicyclic amines) is 1. The van der Waals surface area contributed by atoms with E-state index in [1.807, 2.05) is 30.3 Å². The first kappa shape index (κ1) is 18.5. The molecular weight excluding hydrogens is 348 g/mol. The highest BCUT2D eigenvalue weighted by Crippen LogP contribution is 2.14. The van der Waals surface area contributed by atoms with E-state index in [2.05, 4.69) is 9.89 Å². The van der Waals surface area contributed by atoms with E-state index in [0.29, 0.717) is 12.2 Å². The van der Waals surface area contributed by atoms with Gasteiger partial charge < -0.3 is 10.0 Å². The lowest BCUT2D eigenvalue weighted by molar-refractivity contribution is 0.235. The molecule has 1 saturated heterocycles. The molecule has 0 unspecified atom stereocenters. The van der Waals surface area contributed by atoms with Gasteiger partial charge in [-0.05, 0) is 50.3 Å². The second-order valence-corrected chi connectivity index (χ2v) is 6.86. The number of hydrogen-bond acceptors (Lipinski definition) is 5. The van der Waals surface area contributed by atoms with Gasteiger partial charge in [0.1, 0.15) is 5.56 Å². The van der Waals surface area contributed by atoms with Crippen LogP contribution in [-0.2, 0) is 7.05 Å². The van der Waals surface area contributed by atoms with Gasteiger partial charge in [-0.3, -0.25) is 18.9 Å². The number of rotatable bonds is 5. The summed E-state index contributed by atoms with van der Waals surface area (Å²) >= 11 is 5.35. The van der Waals surface area contributed by atoms with Crippen molar-refractivity contribution in [2.75, 3.05) is 26.2 Å². The van der Waals surface area contributed by atoms with Crippen molar-refractivity contribution < 1.29 is 5.11 Å². The van der Waals surface area contributed by atoms with Gasteiger partial charge in [-0.2, -0.15) is 0 Å². The maximum Gasteiger partial charge on any atom is 0.271 e. The Hall–Kier alpha value is -2.25. The smallest absolute Gasteiger partial charge is 0.271 e. The van der Waals surface area contributed by atoms with Crippen LogP contribution in [0.4, 0.5) is 0 Å². The molecule has 6 nitrogen and oxygen atoms in total. The van der Waals surface area contributed by atoms with Crippen LogP contribution >= 0.6 is 12.2 Å². The third-order valence-electron chi connectivity index (χ3n) is 4.70. The number of para-hydroxylation sites is 1. The SMILES string of the molecule is Cn1c(O)c(C=NCCN2CCCCC2)c(=O)n(-c2ccccc2)c1=S. The Labute approximate surface area is 158 Å². The van der Waals surface area contributed by atoms with Gasteiger partial charge in [0.05, 0.1) is 12.2 Å². The maximum atomic E-state index is 12.9. The van der Waals surface area contributed by atoms with Gasteiger partial charge in [0.25, 0.3) is 5.56 Å². The first-order chi connectivity index (χ1) is 12.6. The molecule has 1 N–H and O–H groups in total. The molecule has 0 radical (unpaired) electrons. The molecule has 0 amide bonds. The van der Waals surface area contributed by atoms with Crippen LogP contribution in [0, 0.1) is 4.77 Å². The third kappa shape index (κ3) is 3.94. The molecule has 3 rings (SSSR count). The second kappa shape index (κ2) is 8.42. The van der Waals surface area contributed by atoms with Crippen LogP contribution in [0.1, 0.15) is 24.8 Å². The number of aliphatic imine (C=N–C) groups is 1. The molecule has 0 aliphatic carbocycles. The molecule has 1 aliphatic rings. The highest BCUT2D eigenvalue weighted by atomic mass is 32.1. The summed E-state index contributed by atoms with van der Waals surface area (Å²) in [6.07, 6.45) is 5.25. The molecule has 1 aromatic carbocycles.